The van der Waals surface area contributed by atoms with E-state index in [0.29, 0.717) is 17.1 Å². The minimum absolute atomic E-state index is 0.277. The predicted molar refractivity (Wildman–Crippen MR) is 124 cm³/mol. The number of carboxylic acid groups (broad SMARTS) is 1. The minimum Gasteiger partial charge on any atom is -0.478 e. The number of anilines is 1. The maximum Gasteiger partial charge on any atom is 0.336 e. The number of fused-ring (bicyclic) bond motifs is 2. The van der Waals surface area contributed by atoms with Crippen LogP contribution in [-0.4, -0.2) is 22.1 Å². The number of para-hydroxylation sites is 1. The van der Waals surface area contributed by atoms with Crippen molar-refractivity contribution in [2.24, 2.45) is 0 Å². The van der Waals surface area contributed by atoms with Crippen LogP contribution in [0.15, 0.2) is 53.1 Å². The Labute approximate surface area is 181 Å². The molecule has 31 heavy (non-hydrogen) atoms. The normalized spacial score (nSPS) is 14.9. The molecule has 158 valence electrons. The van der Waals surface area contributed by atoms with E-state index in [4.69, 9.17) is 9.40 Å². The lowest BCUT2D eigenvalue weighted by Crippen LogP contribution is -2.22. The van der Waals surface area contributed by atoms with Crippen LogP contribution in [-0.2, 0) is 6.42 Å². The number of hydrogen-bond acceptors (Lipinski definition) is 4. The van der Waals surface area contributed by atoms with Gasteiger partial charge in [0, 0.05) is 28.1 Å². The van der Waals surface area contributed by atoms with Crippen molar-refractivity contribution in [3.63, 3.8) is 0 Å². The van der Waals surface area contributed by atoms with Gasteiger partial charge in [-0.15, -0.1) is 0 Å². The SMILES string of the molecule is CCc1ccc(NC2CCCCC2)c2c(C(=O)O)cc(-c3coc4ccccc34)nc12. The molecule has 0 bridgehead atoms. The molecule has 1 aliphatic rings. The summed E-state index contributed by atoms with van der Waals surface area (Å²) in [5, 5.41) is 15.4. The van der Waals surface area contributed by atoms with Gasteiger partial charge in [-0.25, -0.2) is 9.78 Å². The number of hydrogen-bond donors (Lipinski definition) is 2. The topological polar surface area (TPSA) is 75.4 Å². The third-order valence-corrected chi connectivity index (χ3v) is 6.38. The van der Waals surface area contributed by atoms with E-state index in [9.17, 15) is 9.90 Å². The van der Waals surface area contributed by atoms with Gasteiger partial charge in [-0.05, 0) is 43.0 Å². The monoisotopic (exact) mass is 414 g/mol. The Hall–Kier alpha value is -3.34. The fourth-order valence-electron chi connectivity index (χ4n) is 4.75. The highest BCUT2D eigenvalue weighted by molar-refractivity contribution is 6.10. The Bertz CT molecular complexity index is 1270. The molecule has 1 aliphatic carbocycles. The van der Waals surface area contributed by atoms with Gasteiger partial charge in [0.05, 0.1) is 16.8 Å². The van der Waals surface area contributed by atoms with Crippen molar-refractivity contribution in [3.05, 3.63) is 59.9 Å². The zero-order chi connectivity index (χ0) is 21.4. The molecule has 2 aromatic carbocycles. The van der Waals surface area contributed by atoms with E-state index in [1.54, 1.807) is 12.3 Å². The number of pyridine rings is 1. The van der Waals surface area contributed by atoms with Crippen molar-refractivity contribution in [2.75, 3.05) is 5.32 Å². The van der Waals surface area contributed by atoms with E-state index in [0.717, 1.165) is 52.6 Å². The molecular weight excluding hydrogens is 388 g/mol. The Morgan fingerprint density at radius 1 is 1.16 bits per heavy atom. The van der Waals surface area contributed by atoms with Gasteiger partial charge in [0.15, 0.2) is 0 Å². The van der Waals surface area contributed by atoms with E-state index in [1.807, 2.05) is 30.3 Å². The molecule has 2 aromatic heterocycles. The molecule has 5 nitrogen and oxygen atoms in total. The summed E-state index contributed by atoms with van der Waals surface area (Å²) in [5.41, 5.74) is 5.14. The van der Waals surface area contributed by atoms with Crippen molar-refractivity contribution >= 4 is 33.5 Å². The number of carbonyl (C=O) groups is 1. The summed E-state index contributed by atoms with van der Waals surface area (Å²) in [5.74, 6) is -0.943. The summed E-state index contributed by atoms with van der Waals surface area (Å²) in [6.07, 6.45) is 8.38. The average molecular weight is 415 g/mol. The Morgan fingerprint density at radius 3 is 2.74 bits per heavy atom. The highest BCUT2D eigenvalue weighted by Gasteiger charge is 2.22. The molecule has 4 aromatic rings. The molecule has 1 saturated carbocycles. The molecule has 0 amide bonds. The van der Waals surface area contributed by atoms with Crippen LogP contribution >= 0.6 is 0 Å². The number of aromatic nitrogens is 1. The van der Waals surface area contributed by atoms with Gasteiger partial charge in [0.1, 0.15) is 11.8 Å². The van der Waals surface area contributed by atoms with Crippen LogP contribution in [0.1, 0.15) is 54.9 Å². The number of nitrogens with one attached hydrogen (secondary N) is 1. The third kappa shape index (κ3) is 3.54. The van der Waals surface area contributed by atoms with Crippen LogP contribution in [0.4, 0.5) is 5.69 Å². The number of carboxylic acids is 1. The van der Waals surface area contributed by atoms with E-state index in [-0.39, 0.29) is 5.56 Å². The summed E-state index contributed by atoms with van der Waals surface area (Å²) in [6, 6.07) is 13.9. The zero-order valence-electron chi connectivity index (χ0n) is 17.6. The van der Waals surface area contributed by atoms with Gasteiger partial charge >= 0.3 is 5.97 Å². The highest BCUT2D eigenvalue weighted by Crippen LogP contribution is 2.36. The second-order valence-electron chi connectivity index (χ2n) is 8.33. The number of nitrogens with zero attached hydrogens (tertiary/aromatic N) is 1. The zero-order valence-corrected chi connectivity index (χ0v) is 17.6. The van der Waals surface area contributed by atoms with Crippen molar-refractivity contribution in [1.29, 1.82) is 0 Å². The molecule has 5 rings (SSSR count). The number of aryl methyl sites for hydroxylation is 1. The maximum absolute atomic E-state index is 12.4. The molecule has 0 atom stereocenters. The summed E-state index contributed by atoms with van der Waals surface area (Å²) in [6.45, 7) is 2.07. The lowest BCUT2D eigenvalue weighted by Gasteiger charge is -2.25. The molecule has 0 spiro atoms. The molecule has 0 radical (unpaired) electrons. The van der Waals surface area contributed by atoms with Crippen molar-refractivity contribution in [2.45, 2.75) is 51.5 Å². The first-order chi connectivity index (χ1) is 15.2. The van der Waals surface area contributed by atoms with Crippen LogP contribution in [0.2, 0.25) is 0 Å². The van der Waals surface area contributed by atoms with Gasteiger partial charge in [-0.2, -0.15) is 0 Å². The number of furan rings is 1. The van der Waals surface area contributed by atoms with E-state index in [2.05, 4.69) is 18.3 Å². The van der Waals surface area contributed by atoms with Crippen molar-refractivity contribution in [1.82, 2.24) is 4.98 Å². The van der Waals surface area contributed by atoms with Gasteiger partial charge in [0.25, 0.3) is 0 Å². The van der Waals surface area contributed by atoms with Crippen LogP contribution in [0.25, 0.3) is 33.1 Å². The molecule has 0 saturated heterocycles. The molecule has 1 fully saturated rings. The average Bonchev–Trinajstić information content (AvgIpc) is 3.23. The molecule has 2 heterocycles. The van der Waals surface area contributed by atoms with Gasteiger partial charge in [0.2, 0.25) is 0 Å². The molecule has 5 heteroatoms. The Balaban J connectivity index is 1.72. The second-order valence-corrected chi connectivity index (χ2v) is 8.33. The molecule has 0 unspecified atom stereocenters. The summed E-state index contributed by atoms with van der Waals surface area (Å²) in [7, 11) is 0. The van der Waals surface area contributed by atoms with E-state index >= 15 is 0 Å². The lowest BCUT2D eigenvalue weighted by atomic mass is 9.94. The summed E-state index contributed by atoms with van der Waals surface area (Å²) >= 11 is 0. The molecule has 2 N–H and O–H groups in total. The van der Waals surface area contributed by atoms with Crippen molar-refractivity contribution in [3.8, 4) is 11.3 Å². The summed E-state index contributed by atoms with van der Waals surface area (Å²) in [4.78, 5) is 17.3. The minimum atomic E-state index is -0.943. The Morgan fingerprint density at radius 2 is 1.97 bits per heavy atom. The first-order valence-electron chi connectivity index (χ1n) is 11.1. The molecular formula is C26H26N2O3. The quantitative estimate of drug-likeness (QED) is 0.382. The fourth-order valence-corrected chi connectivity index (χ4v) is 4.75. The van der Waals surface area contributed by atoms with E-state index < -0.39 is 5.97 Å². The van der Waals surface area contributed by atoms with Crippen molar-refractivity contribution < 1.29 is 14.3 Å². The first-order valence-corrected chi connectivity index (χ1v) is 11.1. The first kappa shape index (κ1) is 19.6. The fraction of sp³-hybridized carbons (Fsp3) is 0.308. The smallest absolute Gasteiger partial charge is 0.336 e. The maximum atomic E-state index is 12.4. The Kier molecular flexibility index (Phi) is 5.10. The predicted octanol–water partition coefficient (Wildman–Crippen LogP) is 6.65. The number of rotatable bonds is 5. The largest absolute Gasteiger partial charge is 0.478 e. The summed E-state index contributed by atoms with van der Waals surface area (Å²) < 4.78 is 5.70. The van der Waals surface area contributed by atoms with E-state index in [1.165, 1.54) is 19.3 Å². The van der Waals surface area contributed by atoms with Gasteiger partial charge in [-0.1, -0.05) is 50.5 Å². The van der Waals surface area contributed by atoms with Crippen LogP contribution < -0.4 is 5.32 Å². The van der Waals surface area contributed by atoms with Crippen LogP contribution in [0, 0.1) is 0 Å². The molecule has 0 aliphatic heterocycles. The van der Waals surface area contributed by atoms with Gasteiger partial charge in [-0.3, -0.25) is 0 Å². The lowest BCUT2D eigenvalue weighted by molar-refractivity contribution is 0.0699. The third-order valence-electron chi connectivity index (χ3n) is 6.38. The number of benzene rings is 2. The standard InChI is InChI=1S/C26H26N2O3/c1-2-16-12-13-21(27-17-8-4-3-5-9-17)24-19(26(29)30)14-22(28-25(16)24)20-15-31-23-11-7-6-10-18(20)23/h6-7,10-15,17,27H,2-5,8-9H2,1H3,(H,29,30). The number of aromatic carboxylic acids is 1. The van der Waals surface area contributed by atoms with Crippen LogP contribution in [0.3, 0.4) is 0 Å². The van der Waals surface area contributed by atoms with Gasteiger partial charge < -0.3 is 14.8 Å². The van der Waals surface area contributed by atoms with Crippen LogP contribution in [0.5, 0.6) is 0 Å². The highest BCUT2D eigenvalue weighted by atomic mass is 16.4. The second kappa shape index (κ2) is 8.06.